The Balaban J connectivity index is 1.17. The molecule has 1 aromatic heterocycles. The average Bonchev–Trinajstić information content (AvgIpc) is 2.97. The van der Waals surface area contributed by atoms with Crippen LogP contribution in [0.25, 0.3) is 0 Å². The minimum atomic E-state index is -0.138. The molecule has 7 heteroatoms. The molecule has 2 aromatic rings. The van der Waals surface area contributed by atoms with Crippen LogP contribution in [-0.2, 0) is 11.3 Å². The van der Waals surface area contributed by atoms with Gasteiger partial charge in [0.1, 0.15) is 5.82 Å². The van der Waals surface area contributed by atoms with Crippen LogP contribution in [0.2, 0.25) is 0 Å². The van der Waals surface area contributed by atoms with Gasteiger partial charge in [-0.15, -0.1) is 0 Å². The molecular weight excluding hydrogens is 477 g/mol. The largest absolute Gasteiger partial charge is 0.367 e. The van der Waals surface area contributed by atoms with E-state index in [0.29, 0.717) is 30.0 Å². The van der Waals surface area contributed by atoms with Crippen molar-refractivity contribution in [3.63, 3.8) is 0 Å². The molecule has 2 atom stereocenters. The lowest BCUT2D eigenvalue weighted by Crippen LogP contribution is -2.57. The molecule has 206 valence electrons. The second-order valence-corrected chi connectivity index (χ2v) is 11.5. The third-order valence-corrected chi connectivity index (χ3v) is 8.92. The summed E-state index contributed by atoms with van der Waals surface area (Å²) < 4.78 is 14.4. The SMILES string of the molecule is O=C(CC[C@@H]1CN(Cc2ccccn2)CC[C@@H]1N1CCN(c2ccccc2F)CC1)NCC1CCCCC1. The highest BCUT2D eigenvalue weighted by Crippen LogP contribution is 2.29. The van der Waals surface area contributed by atoms with E-state index < -0.39 is 0 Å². The quantitative estimate of drug-likeness (QED) is 0.518. The molecule has 2 aliphatic heterocycles. The molecule has 3 heterocycles. The number of hydrogen-bond donors (Lipinski definition) is 1. The number of anilines is 1. The van der Waals surface area contributed by atoms with Crippen molar-refractivity contribution in [3.8, 4) is 0 Å². The Bertz CT molecular complexity index is 1010. The molecule has 6 nitrogen and oxygen atoms in total. The van der Waals surface area contributed by atoms with Crippen LogP contribution in [0.1, 0.15) is 57.1 Å². The zero-order valence-electron chi connectivity index (χ0n) is 22.7. The lowest BCUT2D eigenvalue weighted by molar-refractivity contribution is -0.121. The summed E-state index contributed by atoms with van der Waals surface area (Å²) in [4.78, 5) is 24.7. The third-order valence-electron chi connectivity index (χ3n) is 8.92. The van der Waals surface area contributed by atoms with E-state index in [0.717, 1.165) is 70.9 Å². The summed E-state index contributed by atoms with van der Waals surface area (Å²) >= 11 is 0. The fourth-order valence-electron chi connectivity index (χ4n) is 6.78. The maximum absolute atomic E-state index is 14.4. The van der Waals surface area contributed by atoms with Crippen molar-refractivity contribution in [3.05, 3.63) is 60.2 Å². The topological polar surface area (TPSA) is 51.7 Å². The molecule has 38 heavy (non-hydrogen) atoms. The molecular formula is C31H44FN5O. The highest BCUT2D eigenvalue weighted by molar-refractivity contribution is 5.75. The van der Waals surface area contributed by atoms with E-state index in [9.17, 15) is 9.18 Å². The Kier molecular flexibility index (Phi) is 9.63. The van der Waals surface area contributed by atoms with Crippen molar-refractivity contribution >= 4 is 11.6 Å². The molecule has 1 aromatic carbocycles. The van der Waals surface area contributed by atoms with Crippen molar-refractivity contribution in [1.29, 1.82) is 0 Å². The number of halogens is 1. The number of amides is 1. The van der Waals surface area contributed by atoms with E-state index in [-0.39, 0.29) is 11.7 Å². The monoisotopic (exact) mass is 521 g/mol. The van der Waals surface area contributed by atoms with Crippen LogP contribution in [-0.4, -0.2) is 72.5 Å². The Morgan fingerprint density at radius 2 is 1.74 bits per heavy atom. The van der Waals surface area contributed by atoms with Crippen LogP contribution in [0.5, 0.6) is 0 Å². The van der Waals surface area contributed by atoms with Crippen LogP contribution in [0, 0.1) is 17.7 Å². The fraction of sp³-hybridized carbons (Fsp3) is 0.613. The number of nitrogens with one attached hydrogen (secondary N) is 1. The summed E-state index contributed by atoms with van der Waals surface area (Å²) in [7, 11) is 0. The smallest absolute Gasteiger partial charge is 0.220 e. The van der Waals surface area contributed by atoms with Gasteiger partial charge in [0.05, 0.1) is 11.4 Å². The van der Waals surface area contributed by atoms with Gasteiger partial charge in [-0.05, 0) is 61.8 Å². The first-order valence-corrected chi connectivity index (χ1v) is 14.8. The summed E-state index contributed by atoms with van der Waals surface area (Å²) in [5, 5.41) is 3.25. The van der Waals surface area contributed by atoms with E-state index in [1.54, 1.807) is 12.1 Å². The number of hydrogen-bond acceptors (Lipinski definition) is 5. The lowest BCUT2D eigenvalue weighted by atomic mass is 9.86. The number of carbonyl (C=O) groups is 1. The van der Waals surface area contributed by atoms with Gasteiger partial charge >= 0.3 is 0 Å². The first kappa shape index (κ1) is 27.1. The Morgan fingerprint density at radius 3 is 2.50 bits per heavy atom. The molecule has 0 unspecified atom stereocenters. The maximum atomic E-state index is 14.4. The molecule has 1 N–H and O–H groups in total. The van der Waals surface area contributed by atoms with Crippen molar-refractivity contribution < 1.29 is 9.18 Å². The first-order chi connectivity index (χ1) is 18.7. The van der Waals surface area contributed by atoms with Gasteiger partial charge in [0.25, 0.3) is 0 Å². The summed E-state index contributed by atoms with van der Waals surface area (Å²) in [5.41, 5.74) is 1.82. The van der Waals surface area contributed by atoms with Gasteiger partial charge in [0.2, 0.25) is 5.91 Å². The van der Waals surface area contributed by atoms with Crippen molar-refractivity contribution in [2.45, 2.75) is 64.0 Å². The number of piperidine rings is 1. The maximum Gasteiger partial charge on any atom is 0.220 e. The van der Waals surface area contributed by atoms with Gasteiger partial charge in [-0.1, -0.05) is 37.5 Å². The Morgan fingerprint density at radius 1 is 0.947 bits per heavy atom. The zero-order chi connectivity index (χ0) is 26.2. The summed E-state index contributed by atoms with van der Waals surface area (Å²) in [6, 6.07) is 13.7. The van der Waals surface area contributed by atoms with Crippen molar-refractivity contribution in [2.75, 3.05) is 50.7 Å². The number of rotatable bonds is 9. The molecule has 5 rings (SSSR count). The van der Waals surface area contributed by atoms with Gasteiger partial charge in [-0.2, -0.15) is 0 Å². The summed E-state index contributed by atoms with van der Waals surface area (Å²) in [6.07, 6.45) is 10.9. The summed E-state index contributed by atoms with van der Waals surface area (Å²) in [6.45, 7) is 7.28. The number of pyridine rings is 1. The average molecular weight is 522 g/mol. The van der Waals surface area contributed by atoms with Crippen molar-refractivity contribution in [1.82, 2.24) is 20.1 Å². The highest BCUT2D eigenvalue weighted by Gasteiger charge is 2.35. The van der Waals surface area contributed by atoms with Crippen LogP contribution in [0.4, 0.5) is 10.1 Å². The number of likely N-dealkylation sites (tertiary alicyclic amines) is 1. The van der Waals surface area contributed by atoms with Gasteiger partial charge in [-0.3, -0.25) is 19.6 Å². The Hall–Kier alpha value is -2.51. The number of nitrogens with zero attached hydrogens (tertiary/aromatic N) is 4. The molecule has 0 radical (unpaired) electrons. The number of aromatic nitrogens is 1. The van der Waals surface area contributed by atoms with E-state index in [4.69, 9.17) is 0 Å². The van der Waals surface area contributed by atoms with Gasteiger partial charge in [0.15, 0.2) is 0 Å². The predicted molar refractivity (Wildman–Crippen MR) is 150 cm³/mol. The van der Waals surface area contributed by atoms with Gasteiger partial charge in [0, 0.05) is 71.0 Å². The van der Waals surface area contributed by atoms with Crippen LogP contribution in [0.15, 0.2) is 48.7 Å². The molecule has 2 saturated heterocycles. The van der Waals surface area contributed by atoms with E-state index in [2.05, 4.69) is 37.1 Å². The molecule has 1 saturated carbocycles. The summed E-state index contributed by atoms with van der Waals surface area (Å²) in [5.74, 6) is 1.17. The second kappa shape index (κ2) is 13.5. The fourth-order valence-corrected chi connectivity index (χ4v) is 6.78. The van der Waals surface area contributed by atoms with Crippen molar-refractivity contribution in [2.24, 2.45) is 11.8 Å². The second-order valence-electron chi connectivity index (χ2n) is 11.5. The highest BCUT2D eigenvalue weighted by atomic mass is 19.1. The van der Waals surface area contributed by atoms with Crippen LogP contribution < -0.4 is 10.2 Å². The normalized spacial score (nSPS) is 23.9. The molecule has 0 spiro atoms. The third kappa shape index (κ3) is 7.32. The number of piperazine rings is 1. The minimum absolute atomic E-state index is 0.138. The van der Waals surface area contributed by atoms with E-state index in [1.807, 2.05) is 24.4 Å². The van der Waals surface area contributed by atoms with E-state index in [1.165, 1.54) is 32.1 Å². The van der Waals surface area contributed by atoms with Gasteiger partial charge < -0.3 is 10.2 Å². The van der Waals surface area contributed by atoms with E-state index >= 15 is 0 Å². The first-order valence-electron chi connectivity index (χ1n) is 14.8. The molecule has 1 amide bonds. The van der Waals surface area contributed by atoms with Crippen LogP contribution in [0.3, 0.4) is 0 Å². The zero-order valence-corrected chi connectivity index (χ0v) is 22.7. The molecule has 3 aliphatic rings. The number of para-hydroxylation sites is 1. The lowest BCUT2D eigenvalue weighted by Gasteiger charge is -2.47. The molecule has 1 aliphatic carbocycles. The molecule has 0 bridgehead atoms. The predicted octanol–water partition coefficient (Wildman–Crippen LogP) is 4.71. The van der Waals surface area contributed by atoms with Gasteiger partial charge in [-0.25, -0.2) is 4.39 Å². The number of carbonyl (C=O) groups excluding carboxylic acids is 1. The van der Waals surface area contributed by atoms with Crippen LogP contribution >= 0.6 is 0 Å². The molecule has 3 fully saturated rings. The Labute approximate surface area is 227 Å². The number of benzene rings is 1. The standard InChI is InChI=1S/C31H44FN5O/c32-28-11-4-5-12-30(28)37-20-18-36(19-21-37)29-15-17-35(24-27-10-6-7-16-33-27)23-26(29)13-14-31(38)34-22-25-8-2-1-3-9-25/h4-7,10-12,16,25-26,29H,1-3,8-9,13-15,17-24H2,(H,34,38)/t26-,29+/m1/s1. The minimum Gasteiger partial charge on any atom is -0.367 e.